The van der Waals surface area contributed by atoms with E-state index < -0.39 is 33.9 Å². The minimum atomic E-state index is -2.76. The van der Waals surface area contributed by atoms with Gasteiger partial charge in [0.25, 0.3) is 0 Å². The van der Waals surface area contributed by atoms with Crippen LogP contribution in [0.4, 0.5) is 8.78 Å². The number of carbonyl (C=O) groups excluding carboxylic acids is 1. The van der Waals surface area contributed by atoms with E-state index in [0.29, 0.717) is 16.7 Å². The molecule has 0 fully saturated rings. The summed E-state index contributed by atoms with van der Waals surface area (Å²) in [6, 6.07) is 8.05. The lowest BCUT2D eigenvalue weighted by Crippen LogP contribution is -2.14. The normalized spacial score (nSPS) is 11.2. The van der Waals surface area contributed by atoms with Crippen LogP contribution in [0.3, 0.4) is 0 Å². The highest BCUT2D eigenvalue weighted by molar-refractivity contribution is 7.70. The maximum absolute atomic E-state index is 14.9. The van der Waals surface area contributed by atoms with E-state index in [2.05, 4.69) is 9.71 Å². The molecule has 3 rings (SSSR count). The van der Waals surface area contributed by atoms with Gasteiger partial charge in [0.15, 0.2) is 5.78 Å². The second-order valence-electron chi connectivity index (χ2n) is 6.67. The van der Waals surface area contributed by atoms with Crippen molar-refractivity contribution in [2.45, 2.75) is 12.8 Å². The van der Waals surface area contributed by atoms with Crippen LogP contribution in [0.1, 0.15) is 27.9 Å². The monoisotopic (exact) mass is 450 g/mol. The molecule has 7 nitrogen and oxygen atoms in total. The van der Waals surface area contributed by atoms with E-state index in [1.54, 1.807) is 12.1 Å². The molecule has 0 unspecified atom stereocenters. The fourth-order valence-corrected chi connectivity index (χ4v) is 3.43. The van der Waals surface area contributed by atoms with Crippen LogP contribution >= 0.6 is 0 Å². The van der Waals surface area contributed by atoms with E-state index in [9.17, 15) is 22.0 Å². The van der Waals surface area contributed by atoms with Gasteiger partial charge in [-0.25, -0.2) is 21.9 Å². The average molecular weight is 450 g/mol. The molecule has 0 atom stereocenters. The van der Waals surface area contributed by atoms with Gasteiger partial charge in [-0.1, -0.05) is 0 Å². The molecule has 0 saturated carbocycles. The number of aryl methyl sites for hydroxylation is 1. The van der Waals surface area contributed by atoms with Gasteiger partial charge in [-0.2, -0.15) is 0 Å². The van der Waals surface area contributed by atoms with Crippen molar-refractivity contribution in [2.75, 3.05) is 19.8 Å². The molecule has 31 heavy (non-hydrogen) atoms. The van der Waals surface area contributed by atoms with Crippen molar-refractivity contribution in [1.82, 2.24) is 9.71 Å². The Balaban J connectivity index is 1.88. The number of nitrogens with zero attached hydrogens (tertiary/aromatic N) is 1. The summed E-state index contributed by atoms with van der Waals surface area (Å²) >= 11 is 0. The SMILES string of the molecule is O=C(c1ccc2ncc(OCCO)cc2c1)c1cc(F)cc(CCCN[SH](=O)=O)c1F. The van der Waals surface area contributed by atoms with Crippen LogP contribution in [0.25, 0.3) is 10.9 Å². The van der Waals surface area contributed by atoms with Gasteiger partial charge in [-0.05, 0) is 54.8 Å². The Labute approximate surface area is 178 Å². The van der Waals surface area contributed by atoms with Crippen LogP contribution in [0, 0.1) is 11.6 Å². The van der Waals surface area contributed by atoms with Crippen molar-refractivity contribution in [1.29, 1.82) is 0 Å². The first-order chi connectivity index (χ1) is 14.9. The largest absolute Gasteiger partial charge is 0.490 e. The standard InChI is InChI=1S/C21H20F2N2O5S/c22-16-9-13(2-1-5-25-31(28)29)20(23)18(11-16)21(27)14-3-4-19-15(8-14)10-17(12-24-19)30-7-6-26/h3-4,8-12,26,31H,1-2,5-7H2,(H,25,28,29). The zero-order valence-corrected chi connectivity index (χ0v) is 17.2. The summed E-state index contributed by atoms with van der Waals surface area (Å²) in [4.78, 5) is 17.1. The number of rotatable bonds is 10. The first-order valence-electron chi connectivity index (χ1n) is 9.43. The molecule has 0 amide bonds. The van der Waals surface area contributed by atoms with Gasteiger partial charge in [0.1, 0.15) is 24.0 Å². The number of aromatic nitrogens is 1. The Hall–Kier alpha value is -2.95. The van der Waals surface area contributed by atoms with Gasteiger partial charge in [0, 0.05) is 17.5 Å². The van der Waals surface area contributed by atoms with E-state index in [4.69, 9.17) is 9.84 Å². The molecule has 3 aromatic rings. The van der Waals surface area contributed by atoms with Crippen molar-refractivity contribution >= 4 is 27.6 Å². The van der Waals surface area contributed by atoms with E-state index in [1.165, 1.54) is 18.3 Å². The molecule has 0 spiro atoms. The number of aliphatic hydroxyl groups is 1. The van der Waals surface area contributed by atoms with Crippen LogP contribution in [-0.2, 0) is 17.3 Å². The van der Waals surface area contributed by atoms with E-state index >= 15 is 0 Å². The molecule has 1 aromatic heterocycles. The fraction of sp³-hybridized carbons (Fsp3) is 0.238. The highest BCUT2D eigenvalue weighted by Gasteiger charge is 2.19. The van der Waals surface area contributed by atoms with Crippen molar-refractivity contribution in [2.24, 2.45) is 0 Å². The van der Waals surface area contributed by atoms with Crippen LogP contribution in [-0.4, -0.2) is 44.1 Å². The summed E-state index contributed by atoms with van der Waals surface area (Å²) in [6.45, 7) is 0.00326. The first-order valence-corrected chi connectivity index (χ1v) is 10.6. The van der Waals surface area contributed by atoms with Crippen molar-refractivity contribution in [3.8, 4) is 5.75 Å². The minimum Gasteiger partial charge on any atom is -0.490 e. The van der Waals surface area contributed by atoms with Crippen LogP contribution in [0.15, 0.2) is 42.6 Å². The number of nitrogens with one attached hydrogen (secondary N) is 1. The molecule has 0 radical (unpaired) electrons. The second kappa shape index (κ2) is 10.4. The van der Waals surface area contributed by atoms with Crippen LogP contribution < -0.4 is 9.46 Å². The van der Waals surface area contributed by atoms with Crippen LogP contribution in [0.5, 0.6) is 5.75 Å². The predicted molar refractivity (Wildman–Crippen MR) is 111 cm³/mol. The molecule has 164 valence electrons. The molecule has 2 N–H and O–H groups in total. The van der Waals surface area contributed by atoms with E-state index in [0.717, 1.165) is 12.1 Å². The zero-order chi connectivity index (χ0) is 22.4. The summed E-state index contributed by atoms with van der Waals surface area (Å²) in [5.74, 6) is -1.89. The summed E-state index contributed by atoms with van der Waals surface area (Å²) in [5, 5.41) is 9.43. The lowest BCUT2D eigenvalue weighted by molar-refractivity contribution is 0.103. The summed E-state index contributed by atoms with van der Waals surface area (Å²) in [6.07, 6.45) is 1.79. The molecule has 2 aromatic carbocycles. The number of halogens is 2. The van der Waals surface area contributed by atoms with Gasteiger partial charge in [0.2, 0.25) is 10.9 Å². The Morgan fingerprint density at radius 1 is 1.16 bits per heavy atom. The third-order valence-electron chi connectivity index (χ3n) is 4.50. The third kappa shape index (κ3) is 5.81. The maximum Gasteiger partial charge on any atom is 0.201 e. The number of carbonyl (C=O) groups is 1. The average Bonchev–Trinajstić information content (AvgIpc) is 2.76. The summed E-state index contributed by atoms with van der Waals surface area (Å²) in [7, 11) is -2.76. The summed E-state index contributed by atoms with van der Waals surface area (Å²) in [5.41, 5.74) is 0.317. The summed E-state index contributed by atoms with van der Waals surface area (Å²) < 4.78 is 57.5. The van der Waals surface area contributed by atoms with Gasteiger partial charge in [0.05, 0.1) is 23.9 Å². The van der Waals surface area contributed by atoms with Crippen LogP contribution in [0.2, 0.25) is 0 Å². The van der Waals surface area contributed by atoms with Gasteiger partial charge in [-0.15, -0.1) is 0 Å². The quantitative estimate of drug-likeness (QED) is 0.248. The number of pyridine rings is 1. The topological polar surface area (TPSA) is 106 Å². The molecule has 0 aliphatic rings. The molecule has 0 saturated heterocycles. The number of hydrogen-bond acceptors (Lipinski definition) is 6. The molecular weight excluding hydrogens is 430 g/mol. The minimum absolute atomic E-state index is 0.00609. The van der Waals surface area contributed by atoms with Crippen molar-refractivity contribution in [3.05, 3.63) is 70.9 Å². The number of ether oxygens (including phenoxy) is 1. The highest BCUT2D eigenvalue weighted by atomic mass is 32.2. The predicted octanol–water partition coefficient (Wildman–Crippen LogP) is 2.16. The Morgan fingerprint density at radius 3 is 2.71 bits per heavy atom. The Bertz CT molecular complexity index is 1180. The lowest BCUT2D eigenvalue weighted by atomic mass is 9.97. The second-order valence-corrected chi connectivity index (χ2v) is 7.51. The van der Waals surface area contributed by atoms with Gasteiger partial charge < -0.3 is 9.84 Å². The maximum atomic E-state index is 14.9. The molecule has 0 aliphatic carbocycles. The number of hydrogen-bond donors (Lipinski definition) is 3. The highest BCUT2D eigenvalue weighted by Crippen LogP contribution is 2.24. The molecule has 0 bridgehead atoms. The number of fused-ring (bicyclic) bond motifs is 1. The fourth-order valence-electron chi connectivity index (χ4n) is 3.09. The smallest absolute Gasteiger partial charge is 0.201 e. The Kier molecular flexibility index (Phi) is 7.61. The Morgan fingerprint density at radius 2 is 1.97 bits per heavy atom. The molecule has 1 heterocycles. The van der Waals surface area contributed by atoms with E-state index in [-0.39, 0.29) is 43.7 Å². The van der Waals surface area contributed by atoms with E-state index in [1.807, 2.05) is 0 Å². The third-order valence-corrected chi connectivity index (χ3v) is 4.98. The number of aliphatic hydroxyl groups excluding tert-OH is 1. The van der Waals surface area contributed by atoms with Crippen molar-refractivity contribution < 1.29 is 31.8 Å². The first kappa shape index (κ1) is 22.7. The van der Waals surface area contributed by atoms with Gasteiger partial charge >= 0.3 is 0 Å². The lowest BCUT2D eigenvalue weighted by Gasteiger charge is -2.10. The molecule has 10 heteroatoms. The molecular formula is C21H20F2N2O5S. The zero-order valence-electron chi connectivity index (χ0n) is 16.3. The van der Waals surface area contributed by atoms with Gasteiger partial charge in [-0.3, -0.25) is 9.78 Å². The number of ketones is 1. The number of benzene rings is 2. The number of thiol groups is 1. The molecule has 0 aliphatic heterocycles. The van der Waals surface area contributed by atoms with Crippen molar-refractivity contribution in [3.63, 3.8) is 0 Å².